The van der Waals surface area contributed by atoms with Crippen molar-refractivity contribution in [3.05, 3.63) is 23.8 Å². The minimum absolute atomic E-state index is 0. The Morgan fingerprint density at radius 3 is 2.69 bits per heavy atom. The van der Waals surface area contributed by atoms with Gasteiger partial charge in [-0.15, -0.1) is 6.42 Å². The molecule has 7 heteroatoms. The van der Waals surface area contributed by atoms with Crippen LogP contribution >= 0.6 is 0 Å². The summed E-state index contributed by atoms with van der Waals surface area (Å²) in [5.74, 6) is 4.01. The molecule has 3 fully saturated rings. The van der Waals surface area contributed by atoms with E-state index >= 15 is 0 Å². The number of hydrogen-bond donors (Lipinski definition) is 0. The monoisotopic (exact) mass is 426 g/mol. The van der Waals surface area contributed by atoms with Crippen LogP contribution < -0.4 is 29.6 Å². The molecule has 0 aromatic carbocycles. The number of terminal acetylenes is 1. The summed E-state index contributed by atoms with van der Waals surface area (Å²) in [5, 5.41) is 0. The Bertz CT molecular complexity index is 901. The molecule has 4 aliphatic carbocycles. The van der Waals surface area contributed by atoms with E-state index in [0.717, 1.165) is 31.3 Å². The number of fused-ring (bicyclic) bond motifs is 5. The predicted octanol–water partition coefficient (Wildman–Crippen LogP) is 0.537. The largest absolute Gasteiger partial charge is 1.00 e. The summed E-state index contributed by atoms with van der Waals surface area (Å²) < 4.78 is 39.7. The first-order chi connectivity index (χ1) is 13.2. The standard InChI is InChI=1S/C22H28O5S.Na/c1-4-21-13-14(3)20-17-9-7-16(23)12-15(17)6-8-18(20)19(21)10-11-22(21,5-2)27-28(24,25)26;/h2,12,17-20H,3-4,6-11,13H2,1H3,(H,24,25,26);/q;+1/p-1/t17-,18-,19-,20+,21-,22-;/m0./s1. The van der Waals surface area contributed by atoms with Crippen LogP contribution in [-0.2, 0) is 19.4 Å². The van der Waals surface area contributed by atoms with Gasteiger partial charge in [0.15, 0.2) is 11.4 Å². The van der Waals surface area contributed by atoms with Gasteiger partial charge in [0.2, 0.25) is 10.4 Å². The fourth-order valence-electron chi connectivity index (χ4n) is 7.20. The van der Waals surface area contributed by atoms with Crippen molar-refractivity contribution in [1.82, 2.24) is 0 Å². The zero-order valence-electron chi connectivity index (χ0n) is 17.3. The number of ketones is 1. The van der Waals surface area contributed by atoms with Gasteiger partial charge in [-0.25, -0.2) is 8.42 Å². The summed E-state index contributed by atoms with van der Waals surface area (Å²) >= 11 is 0. The van der Waals surface area contributed by atoms with Crippen LogP contribution in [0, 0.1) is 41.4 Å². The SMILES string of the molecule is C#C[C@]1(OS(=O)(=O)[O-])CC[C@H]2[C@@H]3CCC4=CC(=O)CC[C@@H]4[C@H]3C(=C)C[C@@]21CC.[Na+]. The maximum Gasteiger partial charge on any atom is 1.00 e. The Kier molecular flexibility index (Phi) is 6.35. The summed E-state index contributed by atoms with van der Waals surface area (Å²) in [6.07, 6.45) is 13.3. The quantitative estimate of drug-likeness (QED) is 0.216. The number of carbonyl (C=O) groups is 1. The second-order valence-electron chi connectivity index (χ2n) is 9.01. The van der Waals surface area contributed by atoms with Crippen molar-refractivity contribution in [1.29, 1.82) is 0 Å². The van der Waals surface area contributed by atoms with E-state index in [9.17, 15) is 17.8 Å². The van der Waals surface area contributed by atoms with Crippen LogP contribution in [0.4, 0.5) is 0 Å². The van der Waals surface area contributed by atoms with E-state index < -0.39 is 21.4 Å². The van der Waals surface area contributed by atoms with Crippen LogP contribution in [0.15, 0.2) is 23.8 Å². The van der Waals surface area contributed by atoms with Crippen LogP contribution in [0.2, 0.25) is 0 Å². The molecule has 0 heterocycles. The van der Waals surface area contributed by atoms with E-state index in [1.54, 1.807) is 0 Å². The third-order valence-electron chi connectivity index (χ3n) is 8.15. The average Bonchev–Trinajstić information content (AvgIpc) is 2.94. The van der Waals surface area contributed by atoms with Gasteiger partial charge in [0.05, 0.1) is 0 Å². The van der Waals surface area contributed by atoms with Crippen molar-refractivity contribution in [2.75, 3.05) is 0 Å². The van der Waals surface area contributed by atoms with E-state index in [4.69, 9.17) is 10.6 Å². The van der Waals surface area contributed by atoms with Crippen molar-refractivity contribution < 1.29 is 51.5 Å². The molecule has 0 N–H and O–H groups in total. The molecular weight excluding hydrogens is 399 g/mol. The number of rotatable bonds is 3. The molecule has 6 atom stereocenters. The summed E-state index contributed by atoms with van der Waals surface area (Å²) in [4.78, 5) is 11.9. The number of carbonyl (C=O) groups excluding carboxylic acids is 1. The Hall–Kier alpha value is -0.420. The predicted molar refractivity (Wildman–Crippen MR) is 104 cm³/mol. The van der Waals surface area contributed by atoms with Crippen molar-refractivity contribution >= 4 is 16.2 Å². The first kappa shape index (κ1) is 23.2. The molecule has 5 nitrogen and oxygen atoms in total. The fourth-order valence-corrected chi connectivity index (χ4v) is 7.85. The van der Waals surface area contributed by atoms with Crippen LogP contribution in [0.3, 0.4) is 0 Å². The van der Waals surface area contributed by atoms with Gasteiger partial charge in [0.25, 0.3) is 0 Å². The van der Waals surface area contributed by atoms with E-state index in [1.165, 1.54) is 5.57 Å². The van der Waals surface area contributed by atoms with E-state index in [2.05, 4.69) is 12.5 Å². The van der Waals surface area contributed by atoms with Crippen LogP contribution in [-0.4, -0.2) is 24.4 Å². The Morgan fingerprint density at radius 1 is 1.34 bits per heavy atom. The smallest absolute Gasteiger partial charge is 0.725 e. The van der Waals surface area contributed by atoms with Crippen LogP contribution in [0.5, 0.6) is 0 Å². The van der Waals surface area contributed by atoms with Gasteiger partial charge in [0.1, 0.15) is 0 Å². The minimum Gasteiger partial charge on any atom is -0.725 e. The van der Waals surface area contributed by atoms with E-state index in [0.29, 0.717) is 43.4 Å². The topological polar surface area (TPSA) is 83.5 Å². The molecule has 4 aliphatic rings. The van der Waals surface area contributed by atoms with Gasteiger partial charge in [-0.05, 0) is 74.7 Å². The Balaban J connectivity index is 0.00000240. The summed E-state index contributed by atoms with van der Waals surface area (Å²) in [7, 11) is -4.92. The maximum atomic E-state index is 11.9. The maximum absolute atomic E-state index is 11.9. The zero-order valence-corrected chi connectivity index (χ0v) is 20.1. The van der Waals surface area contributed by atoms with Gasteiger partial charge in [-0.1, -0.05) is 30.6 Å². The molecule has 29 heavy (non-hydrogen) atoms. The van der Waals surface area contributed by atoms with Crippen LogP contribution in [0.1, 0.15) is 58.3 Å². The molecule has 0 aromatic heterocycles. The van der Waals surface area contributed by atoms with Crippen LogP contribution in [0.25, 0.3) is 0 Å². The summed E-state index contributed by atoms with van der Waals surface area (Å²) in [5.41, 5.74) is 0.353. The molecular formula is C22H27NaO5S. The Morgan fingerprint density at radius 2 is 2.07 bits per heavy atom. The second kappa shape index (κ2) is 7.93. The van der Waals surface area contributed by atoms with Crippen molar-refractivity contribution in [3.8, 4) is 12.3 Å². The molecule has 0 radical (unpaired) electrons. The number of hydrogen-bond acceptors (Lipinski definition) is 5. The van der Waals surface area contributed by atoms with Crippen molar-refractivity contribution in [2.45, 2.75) is 63.9 Å². The molecule has 0 saturated heterocycles. The third-order valence-corrected chi connectivity index (χ3v) is 8.63. The molecule has 0 aliphatic heterocycles. The molecule has 152 valence electrons. The summed E-state index contributed by atoms with van der Waals surface area (Å²) in [6, 6.07) is 0. The van der Waals surface area contributed by atoms with Gasteiger partial charge in [0, 0.05) is 11.8 Å². The first-order valence-electron chi connectivity index (χ1n) is 10.2. The normalized spacial score (nSPS) is 41.3. The second-order valence-corrected chi connectivity index (χ2v) is 10.00. The molecule has 0 unspecified atom stereocenters. The first-order valence-corrected chi connectivity index (χ1v) is 11.5. The third kappa shape index (κ3) is 3.52. The summed E-state index contributed by atoms with van der Waals surface area (Å²) in [6.45, 7) is 6.40. The molecule has 4 rings (SSSR count). The molecule has 0 aromatic rings. The van der Waals surface area contributed by atoms with Crippen molar-refractivity contribution in [3.63, 3.8) is 0 Å². The Labute approximate surface area is 196 Å². The fraction of sp³-hybridized carbons (Fsp3) is 0.682. The molecule has 0 spiro atoms. The van der Waals surface area contributed by atoms with Crippen molar-refractivity contribution in [2.24, 2.45) is 29.1 Å². The molecule has 0 amide bonds. The molecule has 0 bridgehead atoms. The average molecular weight is 427 g/mol. The van der Waals surface area contributed by atoms with Gasteiger partial charge in [-0.2, -0.15) is 0 Å². The minimum atomic E-state index is -4.92. The zero-order chi connectivity index (χ0) is 20.3. The van der Waals surface area contributed by atoms with E-state index in [-0.39, 0.29) is 41.3 Å². The van der Waals surface area contributed by atoms with Gasteiger partial charge >= 0.3 is 29.6 Å². The van der Waals surface area contributed by atoms with Gasteiger partial charge < -0.3 is 4.55 Å². The van der Waals surface area contributed by atoms with Gasteiger partial charge in [-0.3, -0.25) is 8.98 Å². The molecule has 3 saturated carbocycles. The van der Waals surface area contributed by atoms with E-state index in [1.807, 2.05) is 13.0 Å². The number of allylic oxidation sites excluding steroid dienone is 2.